The van der Waals surface area contributed by atoms with Crippen LogP contribution >= 0.6 is 0 Å². The molecule has 0 bridgehead atoms. The molecule has 0 aliphatic carbocycles. The molecule has 90 valence electrons. The van der Waals surface area contributed by atoms with Crippen LogP contribution in [0, 0.1) is 10.1 Å². The zero-order valence-electron chi connectivity index (χ0n) is 9.25. The Hall–Kier alpha value is -2.37. The number of ether oxygens (including phenoxy) is 1. The highest BCUT2D eigenvalue weighted by Gasteiger charge is 2.08. The van der Waals surface area contributed by atoms with Crippen molar-refractivity contribution >= 4 is 17.7 Å². The molecule has 6 nitrogen and oxygen atoms in total. The smallest absolute Gasteiger partial charge is 0.273 e. The summed E-state index contributed by atoms with van der Waals surface area (Å²) in [4.78, 5) is 20.7. The second-order valence-corrected chi connectivity index (χ2v) is 3.29. The summed E-state index contributed by atoms with van der Waals surface area (Å²) in [6.07, 6.45) is 3.21. The Balaban J connectivity index is 2.98. The first-order valence-electron chi connectivity index (χ1n) is 4.81. The Morgan fingerprint density at radius 1 is 1.53 bits per heavy atom. The molecule has 6 heteroatoms. The zero-order valence-corrected chi connectivity index (χ0v) is 9.25. The lowest BCUT2D eigenvalue weighted by Crippen LogP contribution is -2.07. The van der Waals surface area contributed by atoms with Crippen LogP contribution in [0.4, 0.5) is 5.69 Å². The second kappa shape index (κ2) is 5.64. The van der Waals surface area contributed by atoms with Crippen LogP contribution in [0.3, 0.4) is 0 Å². The van der Waals surface area contributed by atoms with Crippen LogP contribution in [0.2, 0.25) is 0 Å². The third-order valence-electron chi connectivity index (χ3n) is 1.99. The fraction of sp³-hybridized carbons (Fsp3) is 0.182. The van der Waals surface area contributed by atoms with E-state index < -0.39 is 10.8 Å². The average Bonchev–Trinajstić information content (AvgIpc) is 2.28. The average molecular weight is 236 g/mol. The van der Waals surface area contributed by atoms with Crippen LogP contribution in [-0.2, 0) is 4.79 Å². The van der Waals surface area contributed by atoms with E-state index in [1.807, 2.05) is 0 Å². The molecule has 0 spiro atoms. The van der Waals surface area contributed by atoms with Gasteiger partial charge in [0, 0.05) is 12.5 Å². The van der Waals surface area contributed by atoms with Crippen LogP contribution in [0.1, 0.15) is 12.0 Å². The first kappa shape index (κ1) is 12.7. The molecule has 1 rings (SSSR count). The monoisotopic (exact) mass is 236 g/mol. The Bertz CT molecular complexity index is 469. The quantitative estimate of drug-likeness (QED) is 0.618. The van der Waals surface area contributed by atoms with Crippen molar-refractivity contribution in [2.75, 3.05) is 7.11 Å². The Morgan fingerprint density at radius 3 is 2.76 bits per heavy atom. The maximum atomic E-state index is 10.7. The number of amides is 1. The van der Waals surface area contributed by atoms with Crippen molar-refractivity contribution in [2.45, 2.75) is 6.42 Å². The number of carbonyl (C=O) groups is 1. The fourth-order valence-electron chi connectivity index (χ4n) is 1.24. The van der Waals surface area contributed by atoms with Crippen molar-refractivity contribution in [3.63, 3.8) is 0 Å². The molecule has 0 saturated heterocycles. The molecule has 1 amide bonds. The molecule has 0 saturated carbocycles. The van der Waals surface area contributed by atoms with E-state index in [1.165, 1.54) is 19.2 Å². The molecule has 0 atom stereocenters. The molecule has 0 aliphatic heterocycles. The highest BCUT2D eigenvalue weighted by molar-refractivity contribution is 5.76. The van der Waals surface area contributed by atoms with Gasteiger partial charge in [-0.1, -0.05) is 12.2 Å². The van der Waals surface area contributed by atoms with Crippen molar-refractivity contribution in [3.05, 3.63) is 40.0 Å². The number of carbonyl (C=O) groups excluding carboxylic acids is 1. The lowest BCUT2D eigenvalue weighted by atomic mass is 10.1. The normalized spacial score (nSPS) is 10.4. The standard InChI is InChI=1S/C11H12N2O4/c1-17-10-6-8(3-2-4-11(12)14)5-9(7-10)13(15)16/h2-3,5-7H,4H2,1H3,(H2,12,14). The molecule has 0 unspecified atom stereocenters. The number of benzene rings is 1. The van der Waals surface area contributed by atoms with Crippen molar-refractivity contribution in [3.8, 4) is 5.75 Å². The van der Waals surface area contributed by atoms with E-state index in [1.54, 1.807) is 18.2 Å². The van der Waals surface area contributed by atoms with E-state index in [9.17, 15) is 14.9 Å². The van der Waals surface area contributed by atoms with Crippen LogP contribution in [0.15, 0.2) is 24.3 Å². The maximum Gasteiger partial charge on any atom is 0.273 e. The molecule has 0 radical (unpaired) electrons. The number of nitro benzene ring substituents is 1. The van der Waals surface area contributed by atoms with Crippen LogP contribution in [-0.4, -0.2) is 17.9 Å². The van der Waals surface area contributed by atoms with Gasteiger partial charge in [0.05, 0.1) is 18.1 Å². The van der Waals surface area contributed by atoms with Gasteiger partial charge in [-0.2, -0.15) is 0 Å². The number of nitrogens with zero attached hydrogens (tertiary/aromatic N) is 1. The largest absolute Gasteiger partial charge is 0.496 e. The van der Waals surface area contributed by atoms with E-state index >= 15 is 0 Å². The number of non-ortho nitro benzene ring substituents is 1. The van der Waals surface area contributed by atoms with E-state index in [-0.39, 0.29) is 12.1 Å². The minimum absolute atomic E-state index is 0.0666. The fourth-order valence-corrected chi connectivity index (χ4v) is 1.24. The Kier molecular flexibility index (Phi) is 4.21. The summed E-state index contributed by atoms with van der Waals surface area (Å²) in [5.41, 5.74) is 5.48. The van der Waals surface area contributed by atoms with Gasteiger partial charge < -0.3 is 10.5 Å². The van der Waals surface area contributed by atoms with Gasteiger partial charge in [-0.15, -0.1) is 0 Å². The maximum absolute atomic E-state index is 10.7. The topological polar surface area (TPSA) is 95.5 Å². The molecule has 0 aliphatic rings. The van der Waals surface area contributed by atoms with Crippen molar-refractivity contribution in [2.24, 2.45) is 5.73 Å². The third-order valence-corrected chi connectivity index (χ3v) is 1.99. The lowest BCUT2D eigenvalue weighted by molar-refractivity contribution is -0.384. The predicted molar refractivity (Wildman–Crippen MR) is 62.5 cm³/mol. The van der Waals surface area contributed by atoms with Gasteiger partial charge in [0.15, 0.2) is 0 Å². The Labute approximate surface area is 97.8 Å². The van der Waals surface area contributed by atoms with Crippen molar-refractivity contribution < 1.29 is 14.5 Å². The number of hydrogen-bond acceptors (Lipinski definition) is 4. The van der Waals surface area contributed by atoms with Gasteiger partial charge in [-0.05, 0) is 11.6 Å². The molecule has 0 aromatic heterocycles. The summed E-state index contributed by atoms with van der Waals surface area (Å²) in [5, 5.41) is 10.7. The summed E-state index contributed by atoms with van der Waals surface area (Å²) >= 11 is 0. The molecule has 0 fully saturated rings. The van der Waals surface area contributed by atoms with E-state index in [4.69, 9.17) is 10.5 Å². The molecule has 17 heavy (non-hydrogen) atoms. The highest BCUT2D eigenvalue weighted by Crippen LogP contribution is 2.23. The number of nitro groups is 1. The van der Waals surface area contributed by atoms with Crippen LogP contribution in [0.25, 0.3) is 6.08 Å². The SMILES string of the molecule is COc1cc(C=CCC(N)=O)cc([N+](=O)[O-])c1. The summed E-state index contributed by atoms with van der Waals surface area (Å²) in [5.74, 6) is -0.0726. The predicted octanol–water partition coefficient (Wildman–Crippen LogP) is 1.49. The summed E-state index contributed by atoms with van der Waals surface area (Å²) in [6.45, 7) is 0. The Morgan fingerprint density at radius 2 is 2.24 bits per heavy atom. The van der Waals surface area contributed by atoms with Crippen molar-refractivity contribution in [1.82, 2.24) is 0 Å². The van der Waals surface area contributed by atoms with Gasteiger partial charge in [0.2, 0.25) is 5.91 Å². The van der Waals surface area contributed by atoms with Gasteiger partial charge >= 0.3 is 0 Å². The second-order valence-electron chi connectivity index (χ2n) is 3.29. The van der Waals surface area contributed by atoms with E-state index in [2.05, 4.69) is 0 Å². The van der Waals surface area contributed by atoms with E-state index in [0.29, 0.717) is 11.3 Å². The number of rotatable bonds is 5. The van der Waals surface area contributed by atoms with Gasteiger partial charge in [0.25, 0.3) is 5.69 Å². The van der Waals surface area contributed by atoms with Gasteiger partial charge in [-0.25, -0.2) is 0 Å². The molecular weight excluding hydrogens is 224 g/mol. The first-order valence-corrected chi connectivity index (χ1v) is 4.81. The third kappa shape index (κ3) is 3.94. The summed E-state index contributed by atoms with van der Waals surface area (Å²) in [6, 6.07) is 4.34. The molecule has 1 aromatic rings. The molecule has 1 aromatic carbocycles. The van der Waals surface area contributed by atoms with Gasteiger partial charge in [0.1, 0.15) is 5.75 Å². The molecule has 2 N–H and O–H groups in total. The number of methoxy groups -OCH3 is 1. The lowest BCUT2D eigenvalue weighted by Gasteiger charge is -2.01. The zero-order chi connectivity index (χ0) is 12.8. The van der Waals surface area contributed by atoms with Gasteiger partial charge in [-0.3, -0.25) is 14.9 Å². The number of primary amides is 1. The molecule has 0 heterocycles. The highest BCUT2D eigenvalue weighted by atomic mass is 16.6. The number of hydrogen-bond donors (Lipinski definition) is 1. The van der Waals surface area contributed by atoms with Crippen molar-refractivity contribution in [1.29, 1.82) is 0 Å². The molecular formula is C11H12N2O4. The van der Waals surface area contributed by atoms with Crippen LogP contribution < -0.4 is 10.5 Å². The number of nitrogens with two attached hydrogens (primary N) is 1. The summed E-state index contributed by atoms with van der Waals surface area (Å²) < 4.78 is 4.94. The minimum Gasteiger partial charge on any atom is -0.496 e. The minimum atomic E-state index is -0.506. The first-order chi connectivity index (χ1) is 8.02. The van der Waals surface area contributed by atoms with Crippen LogP contribution in [0.5, 0.6) is 5.75 Å². The van der Waals surface area contributed by atoms with E-state index in [0.717, 1.165) is 0 Å². The summed E-state index contributed by atoms with van der Waals surface area (Å²) in [7, 11) is 1.43.